The number of anilines is 1. The Kier molecular flexibility index (Phi) is 6.30. The van der Waals surface area contributed by atoms with Gasteiger partial charge in [0.05, 0.1) is 30.7 Å². The molecule has 0 atom stereocenters. The molecule has 0 unspecified atom stereocenters. The van der Waals surface area contributed by atoms with Crippen LogP contribution in [0.4, 0.5) is 5.69 Å². The molecular formula is C23H20ClN3O3S2. The van der Waals surface area contributed by atoms with Gasteiger partial charge in [0.2, 0.25) is 10.0 Å². The number of fused-ring (bicyclic) bond motifs is 1. The van der Waals surface area contributed by atoms with Crippen LogP contribution in [0.1, 0.15) is 20.9 Å². The highest BCUT2D eigenvalue weighted by molar-refractivity contribution is 7.89. The van der Waals surface area contributed by atoms with Gasteiger partial charge in [-0.2, -0.15) is 4.31 Å². The molecule has 0 aliphatic carbocycles. The fourth-order valence-corrected chi connectivity index (χ4v) is 5.52. The molecule has 0 aliphatic heterocycles. The minimum absolute atomic E-state index is 0.000912. The topological polar surface area (TPSA) is 79.4 Å². The zero-order valence-corrected chi connectivity index (χ0v) is 19.8. The number of halogens is 1. The molecular weight excluding hydrogens is 466 g/mol. The Labute approximate surface area is 195 Å². The fourth-order valence-electron chi connectivity index (χ4n) is 3.26. The van der Waals surface area contributed by atoms with Crippen molar-refractivity contribution in [2.45, 2.75) is 18.4 Å². The third-order valence-corrected chi connectivity index (χ3v) is 7.95. The first-order valence-electron chi connectivity index (χ1n) is 9.72. The monoisotopic (exact) mass is 485 g/mol. The summed E-state index contributed by atoms with van der Waals surface area (Å²) in [6.07, 6.45) is 0. The van der Waals surface area contributed by atoms with Crippen molar-refractivity contribution in [3.8, 4) is 0 Å². The molecule has 1 amide bonds. The van der Waals surface area contributed by atoms with E-state index >= 15 is 0 Å². The number of thiazole rings is 1. The maximum Gasteiger partial charge on any atom is 0.257 e. The molecule has 1 N–H and O–H groups in total. The van der Waals surface area contributed by atoms with Crippen molar-refractivity contribution in [2.24, 2.45) is 0 Å². The van der Waals surface area contributed by atoms with Crippen LogP contribution in [-0.4, -0.2) is 30.7 Å². The minimum atomic E-state index is -3.82. The molecule has 0 radical (unpaired) electrons. The molecule has 32 heavy (non-hydrogen) atoms. The van der Waals surface area contributed by atoms with Crippen LogP contribution in [0, 0.1) is 6.92 Å². The number of sulfonamides is 1. The second kappa shape index (κ2) is 8.99. The van der Waals surface area contributed by atoms with Crippen molar-refractivity contribution >= 4 is 54.8 Å². The molecule has 6 nitrogen and oxygen atoms in total. The predicted molar refractivity (Wildman–Crippen MR) is 129 cm³/mol. The van der Waals surface area contributed by atoms with Crippen molar-refractivity contribution in [1.29, 1.82) is 0 Å². The van der Waals surface area contributed by atoms with Crippen LogP contribution in [0.15, 0.2) is 71.6 Å². The molecule has 9 heteroatoms. The molecule has 1 heterocycles. The summed E-state index contributed by atoms with van der Waals surface area (Å²) < 4.78 is 28.3. The van der Waals surface area contributed by atoms with Crippen LogP contribution in [0.5, 0.6) is 0 Å². The number of aromatic nitrogens is 1. The molecule has 4 aromatic rings. The van der Waals surface area contributed by atoms with Crippen LogP contribution in [-0.2, 0) is 16.6 Å². The molecule has 1 aromatic heterocycles. The van der Waals surface area contributed by atoms with Gasteiger partial charge in [-0.15, -0.1) is 11.3 Å². The summed E-state index contributed by atoms with van der Waals surface area (Å²) in [4.78, 5) is 17.3. The third-order valence-electron chi connectivity index (χ3n) is 4.89. The average molecular weight is 486 g/mol. The minimum Gasteiger partial charge on any atom is -0.322 e. The second-order valence-electron chi connectivity index (χ2n) is 7.26. The summed E-state index contributed by atoms with van der Waals surface area (Å²) in [5.74, 6) is -0.488. The molecule has 3 aromatic carbocycles. The van der Waals surface area contributed by atoms with Crippen LogP contribution in [0.25, 0.3) is 10.2 Å². The highest BCUT2D eigenvalue weighted by atomic mass is 35.5. The number of aryl methyl sites for hydroxylation is 1. The highest BCUT2D eigenvalue weighted by Gasteiger charge is 2.23. The summed E-state index contributed by atoms with van der Waals surface area (Å²) in [5, 5.41) is 3.90. The molecule has 0 bridgehead atoms. The van der Waals surface area contributed by atoms with E-state index in [-0.39, 0.29) is 22.0 Å². The van der Waals surface area contributed by atoms with E-state index in [1.54, 1.807) is 6.07 Å². The molecule has 4 rings (SSSR count). The Hall–Kier alpha value is -2.78. The van der Waals surface area contributed by atoms with Gasteiger partial charge in [0.1, 0.15) is 0 Å². The van der Waals surface area contributed by atoms with E-state index in [2.05, 4.69) is 10.3 Å². The Morgan fingerprint density at radius 1 is 1.09 bits per heavy atom. The van der Waals surface area contributed by atoms with E-state index in [9.17, 15) is 13.2 Å². The molecule has 0 saturated heterocycles. The van der Waals surface area contributed by atoms with Gasteiger partial charge in [-0.05, 0) is 48.9 Å². The number of benzene rings is 3. The zero-order valence-electron chi connectivity index (χ0n) is 17.4. The zero-order chi connectivity index (χ0) is 22.9. The maximum atomic E-state index is 13.1. The lowest BCUT2D eigenvalue weighted by molar-refractivity contribution is 0.102. The molecule has 164 valence electrons. The Balaban J connectivity index is 1.58. The predicted octanol–water partition coefficient (Wildman–Crippen LogP) is 5.33. The van der Waals surface area contributed by atoms with Crippen LogP contribution >= 0.6 is 22.9 Å². The summed E-state index contributed by atoms with van der Waals surface area (Å²) in [5.41, 5.74) is 2.38. The van der Waals surface area contributed by atoms with Gasteiger partial charge in [-0.3, -0.25) is 4.79 Å². The SMILES string of the molecule is Cc1nc2ccc(NC(=O)c3cc(S(=O)(=O)N(C)Cc4ccccc4)ccc3Cl)cc2s1. The fraction of sp³-hybridized carbons (Fsp3) is 0.130. The van der Waals surface area contributed by atoms with Crippen molar-refractivity contribution in [3.05, 3.63) is 87.9 Å². The second-order valence-corrected chi connectivity index (χ2v) is 10.9. The van der Waals surface area contributed by atoms with E-state index in [0.29, 0.717) is 5.69 Å². The Morgan fingerprint density at radius 2 is 1.84 bits per heavy atom. The number of nitrogens with one attached hydrogen (secondary N) is 1. The van der Waals surface area contributed by atoms with Crippen molar-refractivity contribution in [3.63, 3.8) is 0 Å². The number of rotatable bonds is 6. The molecule has 0 spiro atoms. The highest BCUT2D eigenvalue weighted by Crippen LogP contribution is 2.27. The van der Waals surface area contributed by atoms with Gasteiger partial charge in [-0.25, -0.2) is 13.4 Å². The molecule has 0 saturated carbocycles. The number of hydrogen-bond acceptors (Lipinski definition) is 5. The lowest BCUT2D eigenvalue weighted by Gasteiger charge is -2.18. The van der Waals surface area contributed by atoms with Gasteiger partial charge in [-0.1, -0.05) is 41.9 Å². The summed E-state index contributed by atoms with van der Waals surface area (Å²) in [6, 6.07) is 18.8. The lowest BCUT2D eigenvalue weighted by atomic mass is 10.2. The van der Waals surface area contributed by atoms with Crippen molar-refractivity contribution in [2.75, 3.05) is 12.4 Å². The van der Waals surface area contributed by atoms with Crippen molar-refractivity contribution in [1.82, 2.24) is 9.29 Å². The summed E-state index contributed by atoms with van der Waals surface area (Å²) in [6.45, 7) is 2.13. The van der Waals surface area contributed by atoms with Gasteiger partial charge >= 0.3 is 0 Å². The lowest BCUT2D eigenvalue weighted by Crippen LogP contribution is -2.27. The number of carbonyl (C=O) groups is 1. The first-order valence-corrected chi connectivity index (χ1v) is 12.4. The maximum absolute atomic E-state index is 13.1. The number of carbonyl (C=O) groups excluding carboxylic acids is 1. The summed E-state index contributed by atoms with van der Waals surface area (Å²) >= 11 is 7.77. The summed E-state index contributed by atoms with van der Waals surface area (Å²) in [7, 11) is -2.32. The number of hydrogen-bond donors (Lipinski definition) is 1. The smallest absolute Gasteiger partial charge is 0.257 e. The van der Waals surface area contributed by atoms with Gasteiger partial charge in [0.25, 0.3) is 5.91 Å². The van der Waals surface area contributed by atoms with Crippen molar-refractivity contribution < 1.29 is 13.2 Å². The van der Waals surface area contributed by atoms with E-state index in [0.717, 1.165) is 20.8 Å². The number of amides is 1. The van der Waals surface area contributed by atoms with Crippen LogP contribution in [0.2, 0.25) is 5.02 Å². The first-order chi connectivity index (χ1) is 15.2. The van der Waals surface area contributed by atoms with Gasteiger partial charge in [0.15, 0.2) is 0 Å². The van der Waals surface area contributed by atoms with E-state index in [1.807, 2.05) is 49.4 Å². The normalized spacial score (nSPS) is 11.8. The molecule has 0 aliphatic rings. The average Bonchev–Trinajstić information content (AvgIpc) is 3.13. The Morgan fingerprint density at radius 3 is 2.59 bits per heavy atom. The largest absolute Gasteiger partial charge is 0.322 e. The third kappa shape index (κ3) is 4.68. The standard InChI is InChI=1S/C23H20ClN3O3S2/c1-15-25-21-11-8-17(12-22(21)31-15)26-23(28)19-13-18(9-10-20(19)24)32(29,30)27(2)14-16-6-4-3-5-7-16/h3-13H,14H2,1-2H3,(H,26,28). The Bertz CT molecular complexity index is 1400. The van der Waals surface area contributed by atoms with E-state index in [4.69, 9.17) is 11.6 Å². The van der Waals surface area contributed by atoms with Crippen LogP contribution < -0.4 is 5.32 Å². The quantitative estimate of drug-likeness (QED) is 0.400. The molecule has 0 fully saturated rings. The van der Waals surface area contributed by atoms with Crippen LogP contribution in [0.3, 0.4) is 0 Å². The number of nitrogens with zero attached hydrogens (tertiary/aromatic N) is 2. The van der Waals surface area contributed by atoms with Gasteiger partial charge in [0, 0.05) is 19.3 Å². The van der Waals surface area contributed by atoms with E-state index in [1.165, 1.54) is 40.9 Å². The van der Waals surface area contributed by atoms with E-state index < -0.39 is 15.9 Å². The first kappa shape index (κ1) is 22.4. The van der Waals surface area contributed by atoms with Gasteiger partial charge < -0.3 is 5.32 Å².